The van der Waals surface area contributed by atoms with Crippen molar-refractivity contribution >= 4 is 0 Å². The third-order valence-corrected chi connectivity index (χ3v) is 8.66. The van der Waals surface area contributed by atoms with Gasteiger partial charge in [0.1, 0.15) is 0 Å². The molecule has 0 radical (unpaired) electrons. The molecule has 2 N–H and O–H groups in total. The minimum absolute atomic E-state index is 0.386. The molecule has 2 heteroatoms. The molecule has 0 saturated carbocycles. The first-order valence-corrected chi connectivity index (χ1v) is 15.5. The predicted molar refractivity (Wildman–Crippen MR) is 180 cm³/mol. The highest BCUT2D eigenvalue weighted by Crippen LogP contribution is 2.40. The monoisotopic (exact) mass is 560 g/mol. The van der Waals surface area contributed by atoms with Crippen LogP contribution in [0.5, 0.6) is 0 Å². The van der Waals surface area contributed by atoms with Gasteiger partial charge in [0.05, 0.1) is 11.1 Å². The molecule has 0 spiro atoms. The molecular weight excluding hydrogens is 520 g/mol. The second-order valence-corrected chi connectivity index (χ2v) is 11.2. The van der Waals surface area contributed by atoms with E-state index in [9.17, 15) is 0 Å². The van der Waals surface area contributed by atoms with Crippen LogP contribution < -0.4 is 10.6 Å². The lowest BCUT2D eigenvalue weighted by Crippen LogP contribution is -2.48. The molecule has 0 unspecified atom stereocenters. The summed E-state index contributed by atoms with van der Waals surface area (Å²) in [6.07, 6.45) is 9.86. The molecular formula is C41H40N2. The normalized spacial score (nSPS) is 13.4. The summed E-state index contributed by atoms with van der Waals surface area (Å²) >= 11 is 0. The average molecular weight is 561 g/mol. The summed E-state index contributed by atoms with van der Waals surface area (Å²) in [5, 5.41) is 8.16. The van der Waals surface area contributed by atoms with Gasteiger partial charge in [-0.1, -0.05) is 170 Å². The summed E-state index contributed by atoms with van der Waals surface area (Å²) < 4.78 is 0. The van der Waals surface area contributed by atoms with E-state index in [2.05, 4.69) is 181 Å². The zero-order valence-corrected chi connectivity index (χ0v) is 24.7. The lowest BCUT2D eigenvalue weighted by molar-refractivity contribution is 0.417. The van der Waals surface area contributed by atoms with E-state index >= 15 is 0 Å². The Labute approximate surface area is 256 Å². The van der Waals surface area contributed by atoms with E-state index in [0.29, 0.717) is 0 Å². The molecule has 0 fully saturated rings. The maximum absolute atomic E-state index is 4.10. The van der Waals surface area contributed by atoms with Crippen molar-refractivity contribution in [2.24, 2.45) is 0 Å². The van der Waals surface area contributed by atoms with E-state index in [1.54, 1.807) is 0 Å². The fourth-order valence-electron chi connectivity index (χ4n) is 6.66. The molecule has 0 bridgehead atoms. The van der Waals surface area contributed by atoms with Crippen LogP contribution in [0.15, 0.2) is 175 Å². The highest BCUT2D eigenvalue weighted by atomic mass is 15.0. The van der Waals surface area contributed by atoms with E-state index in [0.717, 1.165) is 32.4 Å². The van der Waals surface area contributed by atoms with Gasteiger partial charge in [0.2, 0.25) is 0 Å². The summed E-state index contributed by atoms with van der Waals surface area (Å²) in [6, 6.07) is 54.5. The fraction of sp³-hybridized carbons (Fsp3) is 0.171. The van der Waals surface area contributed by atoms with Gasteiger partial charge in [-0.25, -0.2) is 0 Å². The number of benzene rings is 5. The molecule has 1 aliphatic carbocycles. The van der Waals surface area contributed by atoms with Crippen molar-refractivity contribution in [3.05, 3.63) is 203 Å². The van der Waals surface area contributed by atoms with Crippen molar-refractivity contribution in [3.8, 4) is 0 Å². The minimum Gasteiger partial charge on any atom is -0.300 e. The number of hydrogen-bond acceptors (Lipinski definition) is 2. The molecule has 1 aliphatic rings. The maximum atomic E-state index is 4.10. The number of hydrogen-bond donors (Lipinski definition) is 2. The Morgan fingerprint density at radius 2 is 0.791 bits per heavy atom. The lowest BCUT2D eigenvalue weighted by Gasteiger charge is -2.40. The SMILES string of the molecule is C1=CCCC(C(NCCCNC(c2ccccc2)(c2ccccc2)c2ccccc2)(c2ccccc2)c2ccccc2)=C1. The van der Waals surface area contributed by atoms with E-state index in [1.165, 1.54) is 33.4 Å². The first-order valence-electron chi connectivity index (χ1n) is 15.5. The van der Waals surface area contributed by atoms with Crippen LogP contribution in [0.4, 0.5) is 0 Å². The Morgan fingerprint density at radius 1 is 0.442 bits per heavy atom. The minimum atomic E-state index is -0.462. The zero-order valence-electron chi connectivity index (χ0n) is 24.7. The van der Waals surface area contributed by atoms with Crippen molar-refractivity contribution in [3.63, 3.8) is 0 Å². The second kappa shape index (κ2) is 13.6. The molecule has 5 aromatic rings. The van der Waals surface area contributed by atoms with E-state index in [-0.39, 0.29) is 5.54 Å². The lowest BCUT2D eigenvalue weighted by atomic mass is 9.74. The van der Waals surface area contributed by atoms with Gasteiger partial charge in [0.15, 0.2) is 0 Å². The van der Waals surface area contributed by atoms with Gasteiger partial charge in [-0.2, -0.15) is 0 Å². The van der Waals surface area contributed by atoms with Crippen LogP contribution in [-0.2, 0) is 11.1 Å². The van der Waals surface area contributed by atoms with Crippen LogP contribution in [-0.4, -0.2) is 13.1 Å². The quantitative estimate of drug-likeness (QED) is 0.118. The van der Waals surface area contributed by atoms with E-state index in [1.807, 2.05) is 0 Å². The summed E-state index contributed by atoms with van der Waals surface area (Å²) in [7, 11) is 0. The van der Waals surface area contributed by atoms with Gasteiger partial charge < -0.3 is 5.32 Å². The van der Waals surface area contributed by atoms with Gasteiger partial charge in [-0.3, -0.25) is 5.32 Å². The second-order valence-electron chi connectivity index (χ2n) is 11.2. The van der Waals surface area contributed by atoms with Crippen molar-refractivity contribution < 1.29 is 0 Å². The van der Waals surface area contributed by atoms with Crippen LogP contribution in [0.3, 0.4) is 0 Å². The molecule has 0 aliphatic heterocycles. The smallest absolute Gasteiger partial charge is 0.0947 e. The van der Waals surface area contributed by atoms with Crippen LogP contribution in [0.25, 0.3) is 0 Å². The van der Waals surface area contributed by atoms with Crippen LogP contribution in [0.2, 0.25) is 0 Å². The van der Waals surface area contributed by atoms with Gasteiger partial charge >= 0.3 is 0 Å². The molecule has 0 aromatic heterocycles. The van der Waals surface area contributed by atoms with Crippen molar-refractivity contribution in [2.75, 3.05) is 13.1 Å². The molecule has 214 valence electrons. The molecule has 2 nitrogen and oxygen atoms in total. The van der Waals surface area contributed by atoms with Gasteiger partial charge in [-0.15, -0.1) is 0 Å². The zero-order chi connectivity index (χ0) is 29.2. The topological polar surface area (TPSA) is 24.1 Å². The maximum Gasteiger partial charge on any atom is 0.0947 e. The van der Waals surface area contributed by atoms with Gasteiger partial charge in [0, 0.05) is 0 Å². The highest BCUT2D eigenvalue weighted by Gasteiger charge is 2.38. The van der Waals surface area contributed by atoms with Crippen LogP contribution in [0.1, 0.15) is 47.1 Å². The van der Waals surface area contributed by atoms with Crippen molar-refractivity contribution in [2.45, 2.75) is 30.3 Å². The molecule has 0 atom stereocenters. The van der Waals surface area contributed by atoms with Crippen LogP contribution in [0, 0.1) is 0 Å². The summed E-state index contributed by atoms with van der Waals surface area (Å²) in [5.74, 6) is 0. The number of nitrogens with one attached hydrogen (secondary N) is 2. The number of allylic oxidation sites excluding steroid dienone is 3. The van der Waals surface area contributed by atoms with Gasteiger partial charge in [0.25, 0.3) is 0 Å². The molecule has 6 rings (SSSR count). The Bertz CT molecular complexity index is 1470. The van der Waals surface area contributed by atoms with E-state index in [4.69, 9.17) is 0 Å². The highest BCUT2D eigenvalue weighted by molar-refractivity contribution is 5.51. The Morgan fingerprint density at radius 3 is 1.14 bits per heavy atom. The largest absolute Gasteiger partial charge is 0.300 e. The standard InChI is InChI=1S/C41H40N2/c1-7-20-34(21-8-1)40(35-22-9-2-10-23-35,36-24-11-3-12-25-36)42-32-19-33-43-41(37-26-13-4-14-27-37,38-28-15-5-16-29-38)39-30-17-6-18-31-39/h1-17,20-30,42-43H,18-19,31-33H2. The first kappa shape index (κ1) is 28.6. The Hall–Kier alpha value is -4.50. The van der Waals surface area contributed by atoms with Crippen molar-refractivity contribution in [1.29, 1.82) is 0 Å². The molecule has 0 amide bonds. The fourth-order valence-corrected chi connectivity index (χ4v) is 6.66. The third-order valence-electron chi connectivity index (χ3n) is 8.66. The number of rotatable bonds is 12. The third kappa shape index (κ3) is 5.90. The van der Waals surface area contributed by atoms with Crippen LogP contribution >= 0.6 is 0 Å². The first-order chi connectivity index (χ1) is 21.3. The summed E-state index contributed by atoms with van der Waals surface area (Å²) in [5.41, 5.74) is 6.84. The van der Waals surface area contributed by atoms with Gasteiger partial charge in [-0.05, 0) is 65.7 Å². The van der Waals surface area contributed by atoms with E-state index < -0.39 is 5.54 Å². The molecule has 43 heavy (non-hydrogen) atoms. The van der Waals surface area contributed by atoms with Crippen molar-refractivity contribution in [1.82, 2.24) is 10.6 Å². The predicted octanol–water partition coefficient (Wildman–Crippen LogP) is 8.77. The summed E-state index contributed by atoms with van der Waals surface area (Å²) in [4.78, 5) is 0. The molecule has 5 aromatic carbocycles. The molecule has 0 heterocycles. The molecule has 0 saturated heterocycles. The summed E-state index contributed by atoms with van der Waals surface area (Å²) in [6.45, 7) is 1.69. The Balaban J connectivity index is 1.32. The Kier molecular flexibility index (Phi) is 9.08. The average Bonchev–Trinajstić information content (AvgIpc) is 3.11.